The number of nitrogens with zero attached hydrogens (tertiary/aromatic N) is 1. The van der Waals surface area contributed by atoms with E-state index >= 15 is 0 Å². The maximum Gasteiger partial charge on any atom is 0.263 e. The van der Waals surface area contributed by atoms with E-state index in [-0.39, 0.29) is 29.5 Å². The lowest BCUT2D eigenvalue weighted by Gasteiger charge is -2.18. The molecule has 1 fully saturated rings. The highest BCUT2D eigenvalue weighted by molar-refractivity contribution is 7.12. The fraction of sp³-hybridized carbons (Fsp3) is 0.400. The topological polar surface area (TPSA) is 49.4 Å². The van der Waals surface area contributed by atoms with Gasteiger partial charge in [-0.25, -0.2) is 4.39 Å². The third-order valence-corrected chi connectivity index (χ3v) is 5.66. The Balaban J connectivity index is 1.79. The summed E-state index contributed by atoms with van der Waals surface area (Å²) in [5.41, 5.74) is 0.892. The summed E-state index contributed by atoms with van der Waals surface area (Å²) in [4.78, 5) is 27.8. The molecule has 1 aromatic carbocycles. The second-order valence-corrected chi connectivity index (χ2v) is 7.54. The molecule has 2 heterocycles. The molecule has 2 aromatic rings. The van der Waals surface area contributed by atoms with Gasteiger partial charge in [0.15, 0.2) is 0 Å². The lowest BCUT2D eigenvalue weighted by atomic mass is 9.88. The van der Waals surface area contributed by atoms with Crippen LogP contribution in [0.15, 0.2) is 41.8 Å². The van der Waals surface area contributed by atoms with E-state index in [4.69, 9.17) is 0 Å². The predicted molar refractivity (Wildman–Crippen MR) is 101 cm³/mol. The van der Waals surface area contributed by atoms with Gasteiger partial charge in [0.2, 0.25) is 5.91 Å². The molecule has 2 atom stereocenters. The van der Waals surface area contributed by atoms with Crippen LogP contribution in [0.1, 0.15) is 40.9 Å². The van der Waals surface area contributed by atoms with Crippen molar-refractivity contribution < 1.29 is 14.0 Å². The van der Waals surface area contributed by atoms with Crippen molar-refractivity contribution in [1.82, 2.24) is 10.2 Å². The molecular formula is C20H23FN2O2S. The highest BCUT2D eigenvalue weighted by Gasteiger charge is 2.40. The van der Waals surface area contributed by atoms with E-state index in [9.17, 15) is 14.0 Å². The summed E-state index contributed by atoms with van der Waals surface area (Å²) < 4.78 is 13.3. The third kappa shape index (κ3) is 4.12. The number of hydrogen-bond acceptors (Lipinski definition) is 3. The minimum Gasteiger partial charge on any atom is -0.356 e. The van der Waals surface area contributed by atoms with Gasteiger partial charge in [-0.05, 0) is 35.6 Å². The molecule has 26 heavy (non-hydrogen) atoms. The van der Waals surface area contributed by atoms with Gasteiger partial charge in [-0.3, -0.25) is 9.59 Å². The SMILES string of the molecule is CCCCNC(=O)[C@@H]1CN(C(=O)c2cccs2)C[C@H]1c1ccc(F)cc1. The van der Waals surface area contributed by atoms with Crippen LogP contribution in [-0.2, 0) is 4.79 Å². The average Bonchev–Trinajstić information content (AvgIpc) is 3.32. The van der Waals surface area contributed by atoms with Crippen LogP contribution in [-0.4, -0.2) is 36.3 Å². The Hall–Kier alpha value is -2.21. The molecule has 3 rings (SSSR count). The number of nitrogens with one attached hydrogen (secondary N) is 1. The van der Waals surface area contributed by atoms with Crippen LogP contribution in [0.5, 0.6) is 0 Å². The molecule has 0 saturated carbocycles. The normalized spacial score (nSPS) is 19.5. The minimum atomic E-state index is -0.318. The first-order chi connectivity index (χ1) is 12.6. The molecule has 1 aliphatic heterocycles. The third-order valence-electron chi connectivity index (χ3n) is 4.80. The molecule has 0 radical (unpaired) electrons. The summed E-state index contributed by atoms with van der Waals surface area (Å²) in [6.45, 7) is 3.57. The molecule has 6 heteroatoms. The second kappa shape index (κ2) is 8.45. The molecule has 0 spiro atoms. The number of benzene rings is 1. The van der Waals surface area contributed by atoms with Gasteiger partial charge in [-0.1, -0.05) is 31.5 Å². The summed E-state index contributed by atoms with van der Waals surface area (Å²) in [5.74, 6) is -0.824. The molecule has 1 N–H and O–H groups in total. The van der Waals surface area contributed by atoms with Gasteiger partial charge < -0.3 is 10.2 Å². The first-order valence-electron chi connectivity index (χ1n) is 8.96. The Labute approximate surface area is 157 Å². The Kier molecular flexibility index (Phi) is 6.04. The van der Waals surface area contributed by atoms with Gasteiger partial charge in [0, 0.05) is 25.6 Å². The lowest BCUT2D eigenvalue weighted by molar-refractivity contribution is -0.124. The Morgan fingerprint density at radius 3 is 2.65 bits per heavy atom. The minimum absolute atomic E-state index is 0.0331. The average molecular weight is 374 g/mol. The summed E-state index contributed by atoms with van der Waals surface area (Å²) in [6, 6.07) is 9.89. The quantitative estimate of drug-likeness (QED) is 0.785. The Bertz CT molecular complexity index is 746. The van der Waals surface area contributed by atoms with Crippen molar-refractivity contribution in [3.8, 4) is 0 Å². The van der Waals surface area contributed by atoms with Gasteiger partial charge in [0.1, 0.15) is 5.82 Å². The summed E-state index contributed by atoms with van der Waals surface area (Å²) >= 11 is 1.40. The van der Waals surface area contributed by atoms with Crippen LogP contribution in [0.2, 0.25) is 0 Å². The van der Waals surface area contributed by atoms with Crippen LogP contribution < -0.4 is 5.32 Å². The zero-order valence-electron chi connectivity index (χ0n) is 14.8. The van der Waals surface area contributed by atoms with E-state index < -0.39 is 0 Å². The number of hydrogen-bond donors (Lipinski definition) is 1. The van der Waals surface area contributed by atoms with Crippen molar-refractivity contribution in [2.45, 2.75) is 25.7 Å². The van der Waals surface area contributed by atoms with Crippen molar-refractivity contribution >= 4 is 23.2 Å². The van der Waals surface area contributed by atoms with Crippen LogP contribution in [0.3, 0.4) is 0 Å². The van der Waals surface area contributed by atoms with E-state index in [2.05, 4.69) is 12.2 Å². The molecular weight excluding hydrogens is 351 g/mol. The molecule has 2 amide bonds. The van der Waals surface area contributed by atoms with Gasteiger partial charge in [-0.15, -0.1) is 11.3 Å². The maximum atomic E-state index is 13.3. The zero-order valence-corrected chi connectivity index (χ0v) is 15.6. The molecule has 1 saturated heterocycles. The largest absolute Gasteiger partial charge is 0.356 e. The number of likely N-dealkylation sites (tertiary alicyclic amines) is 1. The summed E-state index contributed by atoms with van der Waals surface area (Å²) in [7, 11) is 0. The first kappa shape index (κ1) is 18.6. The molecule has 0 aliphatic carbocycles. The second-order valence-electron chi connectivity index (χ2n) is 6.60. The van der Waals surface area contributed by atoms with Crippen molar-refractivity contribution in [2.24, 2.45) is 5.92 Å². The molecule has 1 aliphatic rings. The fourth-order valence-corrected chi connectivity index (χ4v) is 4.05. The molecule has 4 nitrogen and oxygen atoms in total. The van der Waals surface area contributed by atoms with Gasteiger partial charge in [0.05, 0.1) is 10.8 Å². The van der Waals surface area contributed by atoms with Crippen molar-refractivity contribution in [1.29, 1.82) is 0 Å². The Morgan fingerprint density at radius 2 is 2.00 bits per heavy atom. The van der Waals surface area contributed by atoms with Crippen molar-refractivity contribution in [3.05, 3.63) is 58.0 Å². The first-order valence-corrected chi connectivity index (χ1v) is 9.84. The van der Waals surface area contributed by atoms with E-state index in [1.807, 2.05) is 11.4 Å². The molecule has 1 aromatic heterocycles. The van der Waals surface area contributed by atoms with Crippen LogP contribution in [0, 0.1) is 11.7 Å². The van der Waals surface area contributed by atoms with Crippen LogP contribution >= 0.6 is 11.3 Å². The summed E-state index contributed by atoms with van der Waals surface area (Å²) in [6.07, 6.45) is 1.94. The number of carbonyl (C=O) groups is 2. The standard InChI is InChI=1S/C20H23FN2O2S/c1-2-3-10-22-19(24)17-13-23(20(25)18-5-4-11-26-18)12-16(17)14-6-8-15(21)9-7-14/h4-9,11,16-17H,2-3,10,12-13H2,1H3,(H,22,24)/t16-,17+/m0/s1. The van der Waals surface area contributed by atoms with Crippen molar-refractivity contribution in [3.63, 3.8) is 0 Å². The molecule has 138 valence electrons. The zero-order chi connectivity index (χ0) is 18.5. The van der Waals surface area contributed by atoms with E-state index in [0.29, 0.717) is 24.5 Å². The monoisotopic (exact) mass is 374 g/mol. The fourth-order valence-electron chi connectivity index (χ4n) is 3.36. The highest BCUT2D eigenvalue weighted by Crippen LogP contribution is 2.34. The van der Waals surface area contributed by atoms with Crippen molar-refractivity contribution in [2.75, 3.05) is 19.6 Å². The number of rotatable bonds is 6. The number of amides is 2. The number of carbonyl (C=O) groups excluding carboxylic acids is 2. The number of thiophene rings is 1. The smallest absolute Gasteiger partial charge is 0.263 e. The highest BCUT2D eigenvalue weighted by atomic mass is 32.1. The molecule has 0 unspecified atom stereocenters. The van der Waals surface area contributed by atoms with E-state index in [0.717, 1.165) is 18.4 Å². The van der Waals surface area contributed by atoms with Gasteiger partial charge >= 0.3 is 0 Å². The van der Waals surface area contributed by atoms with Gasteiger partial charge in [0.25, 0.3) is 5.91 Å². The van der Waals surface area contributed by atoms with Gasteiger partial charge in [-0.2, -0.15) is 0 Å². The van der Waals surface area contributed by atoms with Crippen LogP contribution in [0.25, 0.3) is 0 Å². The predicted octanol–water partition coefficient (Wildman–Crippen LogP) is 3.66. The number of halogens is 1. The maximum absolute atomic E-state index is 13.3. The molecule has 0 bridgehead atoms. The Morgan fingerprint density at radius 1 is 1.23 bits per heavy atom. The number of unbranched alkanes of at least 4 members (excludes halogenated alkanes) is 1. The van der Waals surface area contributed by atoms with E-state index in [1.54, 1.807) is 23.1 Å². The van der Waals surface area contributed by atoms with Crippen LogP contribution in [0.4, 0.5) is 4.39 Å². The lowest BCUT2D eigenvalue weighted by Crippen LogP contribution is -2.36. The van der Waals surface area contributed by atoms with E-state index in [1.165, 1.54) is 23.5 Å². The summed E-state index contributed by atoms with van der Waals surface area (Å²) in [5, 5.41) is 4.85.